The molecule has 0 aliphatic carbocycles. The molecule has 4 aromatic rings. The highest BCUT2D eigenvalue weighted by atomic mass is 32.1. The monoisotopic (exact) mass is 543 g/mol. The second kappa shape index (κ2) is 10.1. The molecular formula is C28H29N7O3S. The van der Waals surface area contributed by atoms with Crippen LogP contribution >= 0.6 is 11.3 Å². The number of fused-ring (bicyclic) bond motifs is 2. The van der Waals surface area contributed by atoms with Gasteiger partial charge in [0.1, 0.15) is 29.4 Å². The first-order chi connectivity index (χ1) is 18.9. The number of nitrogens with zero attached hydrogens (tertiary/aromatic N) is 4. The summed E-state index contributed by atoms with van der Waals surface area (Å²) < 4.78 is 2.44. The van der Waals surface area contributed by atoms with E-state index in [2.05, 4.69) is 25.5 Å². The van der Waals surface area contributed by atoms with Crippen LogP contribution < -0.4 is 26.8 Å². The molecule has 10 nitrogen and oxygen atoms in total. The zero-order chi connectivity index (χ0) is 27.1. The third-order valence-corrected chi connectivity index (χ3v) is 8.56. The fourth-order valence-electron chi connectivity index (χ4n) is 5.57. The molecule has 2 amide bonds. The number of hydrogen-bond donors (Lipinski definition) is 3. The van der Waals surface area contributed by atoms with Crippen molar-refractivity contribution in [3.63, 3.8) is 0 Å². The summed E-state index contributed by atoms with van der Waals surface area (Å²) >= 11 is 1.54. The number of para-hydroxylation sites is 1. The van der Waals surface area contributed by atoms with Crippen molar-refractivity contribution in [1.82, 2.24) is 19.9 Å². The first-order valence-corrected chi connectivity index (χ1v) is 13.9. The Morgan fingerprint density at radius 2 is 1.92 bits per heavy atom. The molecule has 39 heavy (non-hydrogen) atoms. The Hall–Kier alpha value is -4.25. The third kappa shape index (κ3) is 4.74. The molecule has 1 aromatic carbocycles. The smallest absolute Gasteiger partial charge is 0.278 e. The average molecular weight is 544 g/mol. The van der Waals surface area contributed by atoms with Crippen LogP contribution in [0.1, 0.15) is 48.8 Å². The number of carbonyl (C=O) groups excluding carboxylic acids is 2. The fraction of sp³-hybridized carbons (Fsp3) is 0.321. The van der Waals surface area contributed by atoms with Crippen molar-refractivity contribution in [2.24, 2.45) is 0 Å². The molecule has 0 spiro atoms. The van der Waals surface area contributed by atoms with E-state index >= 15 is 0 Å². The van der Waals surface area contributed by atoms with Crippen LogP contribution in [0.25, 0.3) is 10.1 Å². The quantitative estimate of drug-likeness (QED) is 0.339. The van der Waals surface area contributed by atoms with Gasteiger partial charge in [0, 0.05) is 39.3 Å². The second-order valence-electron chi connectivity index (χ2n) is 10.1. The van der Waals surface area contributed by atoms with Crippen molar-refractivity contribution in [1.29, 1.82) is 0 Å². The molecule has 3 aromatic heterocycles. The highest BCUT2D eigenvalue weighted by Gasteiger charge is 2.37. The van der Waals surface area contributed by atoms with E-state index in [1.165, 1.54) is 22.1 Å². The van der Waals surface area contributed by atoms with E-state index in [4.69, 9.17) is 5.73 Å². The van der Waals surface area contributed by atoms with E-state index in [-0.39, 0.29) is 29.5 Å². The van der Waals surface area contributed by atoms with Crippen LogP contribution in [-0.4, -0.2) is 38.9 Å². The number of hydrogen-bond acceptors (Lipinski definition) is 8. The molecule has 0 radical (unpaired) electrons. The zero-order valence-corrected chi connectivity index (χ0v) is 22.3. The number of aromatic nitrogens is 3. The molecule has 2 aliphatic heterocycles. The first-order valence-electron chi connectivity index (χ1n) is 13.0. The third-order valence-electron chi connectivity index (χ3n) is 7.47. The van der Waals surface area contributed by atoms with Crippen molar-refractivity contribution in [2.75, 3.05) is 22.5 Å². The van der Waals surface area contributed by atoms with Gasteiger partial charge in [0.15, 0.2) is 0 Å². The lowest BCUT2D eigenvalue weighted by Gasteiger charge is -2.26. The van der Waals surface area contributed by atoms with Crippen molar-refractivity contribution >= 4 is 50.4 Å². The topological polar surface area (TPSA) is 135 Å². The predicted octanol–water partition coefficient (Wildman–Crippen LogP) is 3.41. The van der Waals surface area contributed by atoms with Crippen LogP contribution in [0, 0.1) is 0 Å². The second-order valence-corrected chi connectivity index (χ2v) is 11.3. The summed E-state index contributed by atoms with van der Waals surface area (Å²) in [5.41, 5.74) is 6.43. The molecular weight excluding hydrogens is 514 g/mol. The van der Waals surface area contributed by atoms with E-state index in [1.807, 2.05) is 49.4 Å². The number of nitrogen functional groups attached to an aromatic ring is 1. The van der Waals surface area contributed by atoms with Crippen LogP contribution in [0.4, 0.5) is 17.2 Å². The lowest BCUT2D eigenvalue weighted by atomic mass is 10.1. The van der Waals surface area contributed by atoms with Crippen molar-refractivity contribution < 1.29 is 9.59 Å². The van der Waals surface area contributed by atoms with Gasteiger partial charge < -0.3 is 21.3 Å². The molecule has 0 saturated carbocycles. The molecule has 1 saturated heterocycles. The van der Waals surface area contributed by atoms with Crippen LogP contribution in [0.5, 0.6) is 0 Å². The molecule has 3 atom stereocenters. The lowest BCUT2D eigenvalue weighted by molar-refractivity contribution is -0.124. The van der Waals surface area contributed by atoms with Gasteiger partial charge >= 0.3 is 0 Å². The van der Waals surface area contributed by atoms with Crippen LogP contribution in [0.3, 0.4) is 0 Å². The normalized spacial score (nSPS) is 20.2. The van der Waals surface area contributed by atoms with Crippen LogP contribution in [-0.2, 0) is 16.1 Å². The Labute approximate surface area is 228 Å². The summed E-state index contributed by atoms with van der Waals surface area (Å²) in [6, 6.07) is 12.5. The number of amides is 2. The Morgan fingerprint density at radius 1 is 1.10 bits per heavy atom. The highest BCUT2D eigenvalue weighted by molar-refractivity contribution is 7.19. The molecule has 1 fully saturated rings. The Morgan fingerprint density at radius 3 is 2.74 bits per heavy atom. The summed E-state index contributed by atoms with van der Waals surface area (Å²) in [5, 5.41) is 6.75. The fourth-order valence-corrected chi connectivity index (χ4v) is 6.59. The summed E-state index contributed by atoms with van der Waals surface area (Å²) in [6.45, 7) is 3.05. The molecule has 0 unspecified atom stereocenters. The molecule has 5 heterocycles. The number of rotatable bonds is 6. The summed E-state index contributed by atoms with van der Waals surface area (Å²) in [5.74, 6) is 0.428. The van der Waals surface area contributed by atoms with Gasteiger partial charge in [-0.25, -0.2) is 9.97 Å². The van der Waals surface area contributed by atoms with E-state index in [0.29, 0.717) is 31.0 Å². The van der Waals surface area contributed by atoms with E-state index in [9.17, 15) is 14.4 Å². The summed E-state index contributed by atoms with van der Waals surface area (Å²) in [4.78, 5) is 51.7. The Kier molecular flexibility index (Phi) is 6.51. The van der Waals surface area contributed by atoms with Gasteiger partial charge in [0.2, 0.25) is 11.8 Å². The molecule has 200 valence electrons. The van der Waals surface area contributed by atoms with Crippen LogP contribution in [0.2, 0.25) is 0 Å². The average Bonchev–Trinajstić information content (AvgIpc) is 3.66. The standard InChI is InChI=1S/C28H29N7O3S/c1-16-10-22(26(36)32-14-19-11-17-13-30-24(29)12-23(17)39-19)35-25(16)31-15-20(28(35)38)33-27(37)21-8-5-9-34(21)18-6-3-2-4-7-18/h2-4,6-7,11-13,15-16,21-22H,5,8-10,14H2,1H3,(H2,29,30)(H,32,36)(H,33,37)/t16-,21+,22+/m1/s1. The first kappa shape index (κ1) is 25.1. The Balaban J connectivity index is 1.19. The maximum atomic E-state index is 13.5. The number of nitrogens with one attached hydrogen (secondary N) is 2. The van der Waals surface area contributed by atoms with E-state index < -0.39 is 11.6 Å². The number of benzene rings is 1. The Bertz CT molecular complexity index is 1620. The van der Waals surface area contributed by atoms with Gasteiger partial charge in [-0.15, -0.1) is 11.3 Å². The molecule has 11 heteroatoms. The molecule has 4 N–H and O–H groups in total. The van der Waals surface area contributed by atoms with Crippen LogP contribution in [0.15, 0.2) is 59.7 Å². The minimum atomic E-state index is -0.703. The summed E-state index contributed by atoms with van der Waals surface area (Å²) in [7, 11) is 0. The summed E-state index contributed by atoms with van der Waals surface area (Å²) in [6.07, 6.45) is 5.18. The maximum absolute atomic E-state index is 13.5. The largest absolute Gasteiger partial charge is 0.384 e. The van der Waals surface area contributed by atoms with E-state index in [0.717, 1.165) is 33.6 Å². The number of pyridine rings is 1. The van der Waals surface area contributed by atoms with Crippen molar-refractivity contribution in [3.05, 3.63) is 75.9 Å². The van der Waals surface area contributed by atoms with Crippen molar-refractivity contribution in [3.8, 4) is 0 Å². The SMILES string of the molecule is C[C@@H]1C[C@@H](C(=O)NCc2cc3cnc(N)cc3s2)n2c1ncc(NC(=O)[C@@H]1CCCN1c1ccccc1)c2=O. The predicted molar refractivity (Wildman–Crippen MR) is 152 cm³/mol. The number of anilines is 3. The zero-order valence-electron chi connectivity index (χ0n) is 21.5. The minimum Gasteiger partial charge on any atom is -0.384 e. The number of thiophene rings is 1. The van der Waals surface area contributed by atoms with Crippen molar-refractivity contribution in [2.45, 2.75) is 50.7 Å². The van der Waals surface area contributed by atoms with E-state index in [1.54, 1.807) is 6.20 Å². The van der Waals surface area contributed by atoms with Gasteiger partial charge in [0.25, 0.3) is 5.56 Å². The molecule has 0 bridgehead atoms. The molecule has 6 rings (SSSR count). The maximum Gasteiger partial charge on any atom is 0.278 e. The van der Waals surface area contributed by atoms with Gasteiger partial charge in [-0.3, -0.25) is 19.0 Å². The van der Waals surface area contributed by atoms with Gasteiger partial charge in [0.05, 0.1) is 12.7 Å². The number of nitrogens with two attached hydrogens (primary N) is 1. The highest BCUT2D eigenvalue weighted by Crippen LogP contribution is 2.34. The minimum absolute atomic E-state index is 0.0695. The molecule has 2 aliphatic rings. The number of carbonyl (C=O) groups is 2. The van der Waals surface area contributed by atoms with Gasteiger partial charge in [-0.2, -0.15) is 0 Å². The van der Waals surface area contributed by atoms with Gasteiger partial charge in [-0.1, -0.05) is 25.1 Å². The lowest BCUT2D eigenvalue weighted by Crippen LogP contribution is -2.42. The van der Waals surface area contributed by atoms with Gasteiger partial charge in [-0.05, 0) is 43.5 Å².